The molecule has 1 aromatic heterocycles. The number of nitrogen functional groups attached to an aromatic ring is 1. The predicted octanol–water partition coefficient (Wildman–Crippen LogP) is 4.21. The molecule has 1 heterocycles. The molecule has 0 aliphatic heterocycles. The van der Waals surface area contributed by atoms with Gasteiger partial charge in [0.15, 0.2) is 5.82 Å². The van der Waals surface area contributed by atoms with Crippen LogP contribution in [0.1, 0.15) is 11.1 Å². The van der Waals surface area contributed by atoms with Crippen LogP contribution < -0.4 is 5.73 Å². The molecule has 4 heteroatoms. The van der Waals surface area contributed by atoms with Crippen LogP contribution in [0.4, 0.5) is 5.82 Å². The van der Waals surface area contributed by atoms with Crippen molar-refractivity contribution >= 4 is 16.7 Å². The van der Waals surface area contributed by atoms with Crippen LogP contribution in [-0.2, 0) is 6.54 Å². The van der Waals surface area contributed by atoms with Gasteiger partial charge < -0.3 is 5.73 Å². The highest BCUT2D eigenvalue weighted by Crippen LogP contribution is 2.28. The molecule has 0 unspecified atom stereocenters. The second kappa shape index (κ2) is 6.14. The summed E-state index contributed by atoms with van der Waals surface area (Å²) in [7, 11) is 0. The van der Waals surface area contributed by atoms with E-state index in [1.165, 1.54) is 0 Å². The Morgan fingerprint density at radius 3 is 2.40 bits per heavy atom. The van der Waals surface area contributed by atoms with Gasteiger partial charge in [0.05, 0.1) is 23.7 Å². The van der Waals surface area contributed by atoms with Crippen molar-refractivity contribution in [2.45, 2.75) is 6.54 Å². The number of hydrogen-bond donors (Lipinski definition) is 1. The van der Waals surface area contributed by atoms with E-state index in [0.29, 0.717) is 17.9 Å². The molecule has 4 rings (SSSR count). The van der Waals surface area contributed by atoms with Gasteiger partial charge in [-0.1, -0.05) is 48.5 Å². The van der Waals surface area contributed by atoms with Gasteiger partial charge in [-0.3, -0.25) is 4.68 Å². The molecule has 2 N–H and O–H groups in total. The maximum atomic E-state index is 8.90. The Morgan fingerprint density at radius 1 is 0.920 bits per heavy atom. The first-order valence-corrected chi connectivity index (χ1v) is 8.05. The van der Waals surface area contributed by atoms with Crippen LogP contribution in [0.15, 0.2) is 72.8 Å². The fourth-order valence-corrected chi connectivity index (χ4v) is 2.99. The maximum absolute atomic E-state index is 8.90. The number of nitrogens with two attached hydrogens (primary N) is 1. The molecule has 0 saturated carbocycles. The lowest BCUT2D eigenvalue weighted by atomic mass is 10.0. The zero-order chi connectivity index (χ0) is 17.2. The van der Waals surface area contributed by atoms with E-state index >= 15 is 0 Å². The van der Waals surface area contributed by atoms with Crippen molar-refractivity contribution in [2.24, 2.45) is 0 Å². The highest BCUT2D eigenvalue weighted by Gasteiger charge is 2.10. The molecule has 0 saturated heterocycles. The summed E-state index contributed by atoms with van der Waals surface area (Å²) in [5, 5.41) is 14.3. The smallest absolute Gasteiger partial charge is 0.153 e. The molecule has 120 valence electrons. The molecule has 0 aliphatic rings. The van der Waals surface area contributed by atoms with E-state index in [1.807, 2.05) is 47.1 Å². The van der Waals surface area contributed by atoms with Gasteiger partial charge in [-0.15, -0.1) is 0 Å². The Kier molecular flexibility index (Phi) is 3.68. The Labute approximate surface area is 145 Å². The average molecular weight is 324 g/mol. The van der Waals surface area contributed by atoms with Crippen molar-refractivity contribution in [3.63, 3.8) is 0 Å². The third kappa shape index (κ3) is 2.84. The molecule has 0 spiro atoms. The van der Waals surface area contributed by atoms with E-state index in [9.17, 15) is 0 Å². The summed E-state index contributed by atoms with van der Waals surface area (Å²) in [6, 6.07) is 26.1. The molecular formula is C21H16N4. The molecule has 4 nitrogen and oxygen atoms in total. The van der Waals surface area contributed by atoms with Crippen molar-refractivity contribution in [1.29, 1.82) is 5.26 Å². The van der Waals surface area contributed by atoms with Gasteiger partial charge in [0, 0.05) is 5.39 Å². The Balaban J connectivity index is 1.72. The fraction of sp³-hybridized carbons (Fsp3) is 0.0476. The number of fused-ring (bicyclic) bond motifs is 1. The molecular weight excluding hydrogens is 308 g/mol. The van der Waals surface area contributed by atoms with Gasteiger partial charge in [-0.2, -0.15) is 10.4 Å². The summed E-state index contributed by atoms with van der Waals surface area (Å²) in [5.41, 5.74) is 11.2. The predicted molar refractivity (Wildman–Crippen MR) is 99.8 cm³/mol. The monoisotopic (exact) mass is 324 g/mol. The van der Waals surface area contributed by atoms with Crippen LogP contribution in [-0.4, -0.2) is 9.78 Å². The number of benzene rings is 3. The topological polar surface area (TPSA) is 67.6 Å². The van der Waals surface area contributed by atoms with Crippen molar-refractivity contribution in [2.75, 3.05) is 5.73 Å². The number of rotatable bonds is 3. The molecule has 4 aromatic rings. The Morgan fingerprint density at radius 2 is 1.68 bits per heavy atom. The van der Waals surface area contributed by atoms with Crippen LogP contribution in [0.2, 0.25) is 0 Å². The van der Waals surface area contributed by atoms with E-state index in [4.69, 9.17) is 11.0 Å². The van der Waals surface area contributed by atoms with Crippen molar-refractivity contribution < 1.29 is 0 Å². The molecule has 0 atom stereocenters. The Hall–Kier alpha value is -3.58. The molecule has 25 heavy (non-hydrogen) atoms. The van der Waals surface area contributed by atoms with E-state index < -0.39 is 0 Å². The standard InChI is InChI=1S/C21H16N4/c22-13-15-6-8-16(9-7-15)14-25-20-11-10-18(12-19(20)21(23)24-25)17-4-2-1-3-5-17/h1-12H,14H2,(H2,23,24). The van der Waals surface area contributed by atoms with Crippen LogP contribution in [0.3, 0.4) is 0 Å². The summed E-state index contributed by atoms with van der Waals surface area (Å²) < 4.78 is 1.90. The zero-order valence-corrected chi connectivity index (χ0v) is 13.6. The van der Waals surface area contributed by atoms with E-state index in [0.717, 1.165) is 27.6 Å². The van der Waals surface area contributed by atoms with Gasteiger partial charge in [-0.05, 0) is 41.0 Å². The van der Waals surface area contributed by atoms with E-state index in [2.05, 4.69) is 41.5 Å². The first kappa shape index (κ1) is 15.0. The second-order valence-electron chi connectivity index (χ2n) is 5.95. The summed E-state index contributed by atoms with van der Waals surface area (Å²) in [5.74, 6) is 0.529. The number of nitriles is 1. The minimum absolute atomic E-state index is 0.529. The zero-order valence-electron chi connectivity index (χ0n) is 13.6. The van der Waals surface area contributed by atoms with Gasteiger partial charge in [0.1, 0.15) is 0 Å². The van der Waals surface area contributed by atoms with E-state index in [1.54, 1.807) is 0 Å². The van der Waals surface area contributed by atoms with Crippen molar-refractivity contribution in [3.05, 3.63) is 83.9 Å². The highest BCUT2D eigenvalue weighted by atomic mass is 15.3. The van der Waals surface area contributed by atoms with Crippen molar-refractivity contribution in [1.82, 2.24) is 9.78 Å². The normalized spacial score (nSPS) is 10.7. The lowest BCUT2D eigenvalue weighted by Crippen LogP contribution is -2.02. The first-order chi connectivity index (χ1) is 12.2. The number of anilines is 1. The largest absolute Gasteiger partial charge is 0.382 e. The lowest BCUT2D eigenvalue weighted by molar-refractivity contribution is 0.716. The summed E-state index contributed by atoms with van der Waals surface area (Å²) in [4.78, 5) is 0. The number of hydrogen-bond acceptors (Lipinski definition) is 3. The lowest BCUT2D eigenvalue weighted by Gasteiger charge is -2.05. The molecule has 3 aromatic carbocycles. The van der Waals surface area contributed by atoms with Crippen LogP contribution >= 0.6 is 0 Å². The molecule has 0 aliphatic carbocycles. The Bertz CT molecular complexity index is 1070. The van der Waals surface area contributed by atoms with Crippen molar-refractivity contribution in [3.8, 4) is 17.2 Å². The number of nitrogens with zero attached hydrogens (tertiary/aromatic N) is 3. The maximum Gasteiger partial charge on any atom is 0.153 e. The summed E-state index contributed by atoms with van der Waals surface area (Å²) in [6.45, 7) is 0.615. The van der Waals surface area contributed by atoms with Crippen LogP contribution in [0.5, 0.6) is 0 Å². The molecule has 0 fully saturated rings. The third-order valence-electron chi connectivity index (χ3n) is 4.30. The first-order valence-electron chi connectivity index (χ1n) is 8.05. The quantitative estimate of drug-likeness (QED) is 0.614. The summed E-state index contributed by atoms with van der Waals surface area (Å²) >= 11 is 0. The minimum atomic E-state index is 0.529. The molecule has 0 bridgehead atoms. The third-order valence-corrected chi connectivity index (χ3v) is 4.30. The van der Waals surface area contributed by atoms with Crippen LogP contribution in [0, 0.1) is 11.3 Å². The SMILES string of the molecule is N#Cc1ccc(Cn2nc(N)c3cc(-c4ccccc4)ccc32)cc1. The van der Waals surface area contributed by atoms with Gasteiger partial charge in [0.25, 0.3) is 0 Å². The van der Waals surface area contributed by atoms with E-state index in [-0.39, 0.29) is 0 Å². The van der Waals surface area contributed by atoms with Gasteiger partial charge in [-0.25, -0.2) is 0 Å². The molecule has 0 amide bonds. The highest BCUT2D eigenvalue weighted by molar-refractivity contribution is 5.92. The van der Waals surface area contributed by atoms with Crippen LogP contribution in [0.25, 0.3) is 22.0 Å². The van der Waals surface area contributed by atoms with Gasteiger partial charge in [0.2, 0.25) is 0 Å². The second-order valence-corrected chi connectivity index (χ2v) is 5.95. The molecule has 0 radical (unpaired) electrons. The van der Waals surface area contributed by atoms with Gasteiger partial charge >= 0.3 is 0 Å². The minimum Gasteiger partial charge on any atom is -0.382 e. The number of aromatic nitrogens is 2. The fourth-order valence-electron chi connectivity index (χ4n) is 2.99. The average Bonchev–Trinajstić information content (AvgIpc) is 2.98. The summed E-state index contributed by atoms with van der Waals surface area (Å²) in [6.07, 6.45) is 0.